The van der Waals surface area contributed by atoms with Crippen molar-refractivity contribution < 1.29 is 9.47 Å². The molecular formula is C10H17N5O2. The molecule has 0 aromatic carbocycles. The summed E-state index contributed by atoms with van der Waals surface area (Å²) in [7, 11) is 3.04. The molecule has 1 aromatic heterocycles. The average Bonchev–Trinajstić information content (AvgIpc) is 2.86. The van der Waals surface area contributed by atoms with E-state index in [0.29, 0.717) is 18.4 Å². The number of rotatable bonds is 4. The second-order valence-corrected chi connectivity index (χ2v) is 3.95. The number of aromatic nitrogens is 3. The number of hydrogen-bond donors (Lipinski definition) is 1. The highest BCUT2D eigenvalue weighted by Crippen LogP contribution is 2.22. The molecule has 1 atom stereocenters. The minimum atomic E-state index is 0.267. The lowest BCUT2D eigenvalue weighted by molar-refractivity contribution is 0.340. The summed E-state index contributed by atoms with van der Waals surface area (Å²) in [5.41, 5.74) is 5.66. The zero-order valence-corrected chi connectivity index (χ0v) is 10.1. The Morgan fingerprint density at radius 1 is 1.24 bits per heavy atom. The molecule has 2 N–H and O–H groups in total. The number of nitrogens with two attached hydrogens (primary N) is 1. The SMILES string of the molecule is COc1nc(OC)nc(N2CCC(CN)C2)n1. The number of nitrogens with zero attached hydrogens (tertiary/aromatic N) is 4. The van der Waals surface area contributed by atoms with Gasteiger partial charge >= 0.3 is 12.0 Å². The topological polar surface area (TPSA) is 86.4 Å². The molecule has 0 radical (unpaired) electrons. The Morgan fingerprint density at radius 3 is 2.35 bits per heavy atom. The lowest BCUT2D eigenvalue weighted by Gasteiger charge is -2.16. The lowest BCUT2D eigenvalue weighted by atomic mass is 10.1. The Balaban J connectivity index is 2.20. The van der Waals surface area contributed by atoms with Gasteiger partial charge in [0.05, 0.1) is 14.2 Å². The Morgan fingerprint density at radius 2 is 1.88 bits per heavy atom. The number of hydrogen-bond acceptors (Lipinski definition) is 7. The van der Waals surface area contributed by atoms with E-state index in [9.17, 15) is 0 Å². The average molecular weight is 239 g/mol. The van der Waals surface area contributed by atoms with Gasteiger partial charge in [-0.2, -0.15) is 9.97 Å². The van der Waals surface area contributed by atoms with E-state index in [0.717, 1.165) is 19.5 Å². The third kappa shape index (κ3) is 2.55. The van der Waals surface area contributed by atoms with E-state index in [1.807, 2.05) is 0 Å². The van der Waals surface area contributed by atoms with Crippen LogP contribution >= 0.6 is 0 Å². The van der Waals surface area contributed by atoms with Gasteiger partial charge < -0.3 is 20.1 Å². The quantitative estimate of drug-likeness (QED) is 0.770. The third-order valence-electron chi connectivity index (χ3n) is 2.85. The van der Waals surface area contributed by atoms with Crippen molar-refractivity contribution in [1.82, 2.24) is 15.0 Å². The number of methoxy groups -OCH3 is 2. The zero-order valence-electron chi connectivity index (χ0n) is 10.1. The second kappa shape index (κ2) is 5.13. The van der Waals surface area contributed by atoms with Crippen molar-refractivity contribution in [2.75, 3.05) is 38.8 Å². The summed E-state index contributed by atoms with van der Waals surface area (Å²) in [5, 5.41) is 0. The van der Waals surface area contributed by atoms with Gasteiger partial charge in [0.2, 0.25) is 5.95 Å². The first-order valence-electron chi connectivity index (χ1n) is 5.56. The van der Waals surface area contributed by atoms with Crippen molar-refractivity contribution in [2.45, 2.75) is 6.42 Å². The molecule has 1 saturated heterocycles. The summed E-state index contributed by atoms with van der Waals surface area (Å²) in [6.07, 6.45) is 1.06. The molecule has 0 aliphatic carbocycles. The Hall–Kier alpha value is -1.63. The summed E-state index contributed by atoms with van der Waals surface area (Å²) in [5.74, 6) is 1.09. The van der Waals surface area contributed by atoms with Gasteiger partial charge in [-0.3, -0.25) is 0 Å². The van der Waals surface area contributed by atoms with Crippen LogP contribution in [0.25, 0.3) is 0 Å². The molecule has 1 aliphatic heterocycles. The minimum Gasteiger partial charge on any atom is -0.467 e. The van der Waals surface area contributed by atoms with Crippen LogP contribution in [0.1, 0.15) is 6.42 Å². The molecule has 1 fully saturated rings. The van der Waals surface area contributed by atoms with Crippen LogP contribution in [0.5, 0.6) is 12.0 Å². The molecule has 1 unspecified atom stereocenters. The van der Waals surface area contributed by atoms with Gasteiger partial charge in [0.15, 0.2) is 0 Å². The van der Waals surface area contributed by atoms with Gasteiger partial charge in [0, 0.05) is 13.1 Å². The van der Waals surface area contributed by atoms with E-state index in [2.05, 4.69) is 19.9 Å². The van der Waals surface area contributed by atoms with E-state index < -0.39 is 0 Å². The summed E-state index contributed by atoms with van der Waals surface area (Å²) < 4.78 is 10.0. The van der Waals surface area contributed by atoms with Crippen molar-refractivity contribution in [3.05, 3.63) is 0 Å². The largest absolute Gasteiger partial charge is 0.467 e. The third-order valence-corrected chi connectivity index (χ3v) is 2.85. The minimum absolute atomic E-state index is 0.267. The highest BCUT2D eigenvalue weighted by Gasteiger charge is 2.24. The van der Waals surface area contributed by atoms with Gasteiger partial charge in [0.1, 0.15) is 0 Å². The molecule has 0 saturated carbocycles. The predicted molar refractivity (Wildman–Crippen MR) is 62.3 cm³/mol. The molecule has 2 rings (SSSR count). The molecule has 1 aromatic rings. The maximum Gasteiger partial charge on any atom is 0.324 e. The monoisotopic (exact) mass is 239 g/mol. The van der Waals surface area contributed by atoms with Crippen LogP contribution in [0.15, 0.2) is 0 Å². The second-order valence-electron chi connectivity index (χ2n) is 3.95. The summed E-state index contributed by atoms with van der Waals surface area (Å²) in [6, 6.07) is 0.533. The highest BCUT2D eigenvalue weighted by molar-refractivity contribution is 5.33. The fourth-order valence-electron chi connectivity index (χ4n) is 1.86. The van der Waals surface area contributed by atoms with Gasteiger partial charge in [-0.1, -0.05) is 0 Å². The Labute approximate surface area is 100.0 Å². The highest BCUT2D eigenvalue weighted by atomic mass is 16.5. The van der Waals surface area contributed by atoms with Crippen molar-refractivity contribution in [3.63, 3.8) is 0 Å². The maximum atomic E-state index is 5.66. The predicted octanol–water partition coefficient (Wildman–Crippen LogP) is -0.326. The number of anilines is 1. The maximum absolute atomic E-state index is 5.66. The van der Waals surface area contributed by atoms with E-state index in [-0.39, 0.29) is 12.0 Å². The fourth-order valence-corrected chi connectivity index (χ4v) is 1.86. The van der Waals surface area contributed by atoms with E-state index in [4.69, 9.17) is 15.2 Å². The summed E-state index contributed by atoms with van der Waals surface area (Å²) in [4.78, 5) is 14.5. The molecule has 0 amide bonds. The smallest absolute Gasteiger partial charge is 0.324 e. The molecule has 0 bridgehead atoms. The lowest BCUT2D eigenvalue weighted by Crippen LogP contribution is -2.24. The zero-order chi connectivity index (χ0) is 12.3. The van der Waals surface area contributed by atoms with Gasteiger partial charge in [-0.15, -0.1) is 4.98 Å². The van der Waals surface area contributed by atoms with Gasteiger partial charge in [0.25, 0.3) is 0 Å². The molecule has 2 heterocycles. The van der Waals surface area contributed by atoms with Gasteiger partial charge in [-0.25, -0.2) is 0 Å². The molecule has 7 heteroatoms. The van der Waals surface area contributed by atoms with E-state index in [1.54, 1.807) is 0 Å². The first kappa shape index (κ1) is 11.8. The summed E-state index contributed by atoms with van der Waals surface area (Å²) in [6.45, 7) is 2.46. The fraction of sp³-hybridized carbons (Fsp3) is 0.700. The standard InChI is InChI=1S/C10H17N5O2/c1-16-9-12-8(13-10(14-9)17-2)15-4-3-7(5-11)6-15/h7H,3-6,11H2,1-2H3. The summed E-state index contributed by atoms with van der Waals surface area (Å²) >= 11 is 0. The number of ether oxygens (including phenoxy) is 2. The molecule has 7 nitrogen and oxygen atoms in total. The Bertz CT molecular complexity index is 365. The van der Waals surface area contributed by atoms with Crippen molar-refractivity contribution in [3.8, 4) is 12.0 Å². The Kier molecular flexibility index (Phi) is 3.58. The molecule has 0 spiro atoms. The normalized spacial score (nSPS) is 19.5. The van der Waals surface area contributed by atoms with E-state index in [1.165, 1.54) is 14.2 Å². The van der Waals surface area contributed by atoms with Crippen molar-refractivity contribution in [2.24, 2.45) is 11.7 Å². The van der Waals surface area contributed by atoms with Crippen LogP contribution in [-0.4, -0.2) is 48.8 Å². The van der Waals surface area contributed by atoms with Crippen molar-refractivity contribution in [1.29, 1.82) is 0 Å². The molecule has 94 valence electrons. The molecule has 17 heavy (non-hydrogen) atoms. The van der Waals surface area contributed by atoms with Crippen LogP contribution in [0.4, 0.5) is 5.95 Å². The van der Waals surface area contributed by atoms with E-state index >= 15 is 0 Å². The van der Waals surface area contributed by atoms with Crippen LogP contribution in [-0.2, 0) is 0 Å². The first-order valence-corrected chi connectivity index (χ1v) is 5.56. The van der Waals surface area contributed by atoms with Crippen LogP contribution in [0.2, 0.25) is 0 Å². The van der Waals surface area contributed by atoms with Crippen LogP contribution in [0.3, 0.4) is 0 Å². The van der Waals surface area contributed by atoms with Gasteiger partial charge in [-0.05, 0) is 18.9 Å². The van der Waals surface area contributed by atoms with Crippen LogP contribution in [0, 0.1) is 5.92 Å². The first-order chi connectivity index (χ1) is 8.26. The molecular weight excluding hydrogens is 222 g/mol. The van der Waals surface area contributed by atoms with Crippen molar-refractivity contribution >= 4 is 5.95 Å². The van der Waals surface area contributed by atoms with Crippen LogP contribution < -0.4 is 20.1 Å². The molecule has 1 aliphatic rings.